The molecule has 0 spiro atoms. The predicted molar refractivity (Wildman–Crippen MR) is 51.0 cm³/mol. The lowest BCUT2D eigenvalue weighted by molar-refractivity contribution is -0.120. The Kier molecular flexibility index (Phi) is 2.40. The molecule has 0 atom stereocenters. The number of halogens is 3. The van der Waals surface area contributed by atoms with Gasteiger partial charge in [0.15, 0.2) is 17.5 Å². The van der Waals surface area contributed by atoms with E-state index in [1.807, 2.05) is 0 Å². The molecule has 0 bridgehead atoms. The Bertz CT molecular complexity index is 455. The minimum Gasteiger partial charge on any atom is -0.347 e. The Labute approximate surface area is 90.5 Å². The van der Waals surface area contributed by atoms with Crippen molar-refractivity contribution in [1.29, 1.82) is 0 Å². The van der Waals surface area contributed by atoms with Crippen LogP contribution in [0.25, 0.3) is 0 Å². The summed E-state index contributed by atoms with van der Waals surface area (Å²) in [5.74, 6) is -4.25. The van der Waals surface area contributed by atoms with Gasteiger partial charge in [0.2, 0.25) is 5.91 Å². The number of carbonyl (C=O) groups is 1. The molecule has 0 aromatic heterocycles. The number of hydrogen-bond acceptors (Lipinski definition) is 1. The summed E-state index contributed by atoms with van der Waals surface area (Å²) in [6.45, 7) is 1.30. The maximum absolute atomic E-state index is 13.5. The van der Waals surface area contributed by atoms with Crippen molar-refractivity contribution in [2.75, 3.05) is 0 Å². The van der Waals surface area contributed by atoms with Crippen LogP contribution in [0.4, 0.5) is 13.2 Å². The van der Waals surface area contributed by atoms with Gasteiger partial charge in [0.05, 0.1) is 5.54 Å². The highest BCUT2D eigenvalue weighted by molar-refractivity contribution is 5.74. The number of nitrogens with one attached hydrogen (secondary N) is 1. The second-order valence-electron chi connectivity index (χ2n) is 3.99. The third-order valence-corrected chi connectivity index (χ3v) is 2.72. The van der Waals surface area contributed by atoms with E-state index >= 15 is 0 Å². The first-order chi connectivity index (χ1) is 7.46. The maximum Gasteiger partial charge on any atom is 0.217 e. The molecule has 1 N–H and O–H groups in total. The molecule has 2 rings (SSSR count). The molecule has 1 aliphatic carbocycles. The summed E-state index contributed by atoms with van der Waals surface area (Å²) in [5.41, 5.74) is -0.827. The molecular weight excluding hydrogens is 219 g/mol. The number of benzene rings is 1. The van der Waals surface area contributed by atoms with E-state index in [0.717, 1.165) is 6.07 Å². The van der Waals surface area contributed by atoms with E-state index < -0.39 is 23.0 Å². The van der Waals surface area contributed by atoms with Crippen LogP contribution >= 0.6 is 0 Å². The smallest absolute Gasteiger partial charge is 0.217 e. The maximum atomic E-state index is 13.5. The first kappa shape index (κ1) is 11.0. The highest BCUT2D eigenvalue weighted by Crippen LogP contribution is 2.46. The van der Waals surface area contributed by atoms with Gasteiger partial charge in [0, 0.05) is 12.5 Å². The molecule has 1 aromatic rings. The van der Waals surface area contributed by atoms with Gasteiger partial charge in [0.25, 0.3) is 0 Å². The van der Waals surface area contributed by atoms with Gasteiger partial charge in [-0.1, -0.05) is 6.07 Å². The van der Waals surface area contributed by atoms with Crippen LogP contribution in [0.2, 0.25) is 0 Å². The number of hydrogen-bond donors (Lipinski definition) is 1. The van der Waals surface area contributed by atoms with Gasteiger partial charge < -0.3 is 5.32 Å². The van der Waals surface area contributed by atoms with Gasteiger partial charge in [-0.2, -0.15) is 0 Å². The number of amides is 1. The van der Waals surface area contributed by atoms with Crippen molar-refractivity contribution in [2.24, 2.45) is 0 Å². The zero-order valence-electron chi connectivity index (χ0n) is 8.61. The fourth-order valence-electron chi connectivity index (χ4n) is 1.82. The van der Waals surface area contributed by atoms with Gasteiger partial charge >= 0.3 is 0 Å². The van der Waals surface area contributed by atoms with E-state index in [2.05, 4.69) is 5.32 Å². The average Bonchev–Trinajstić information content (AvgIpc) is 2.94. The van der Waals surface area contributed by atoms with Crippen molar-refractivity contribution in [3.8, 4) is 0 Å². The molecule has 5 heteroatoms. The molecule has 1 aromatic carbocycles. The average molecular weight is 229 g/mol. The molecule has 1 saturated carbocycles. The molecule has 0 radical (unpaired) electrons. The Morgan fingerprint density at radius 2 is 1.88 bits per heavy atom. The van der Waals surface area contributed by atoms with Crippen molar-refractivity contribution < 1.29 is 18.0 Å². The summed E-state index contributed by atoms with van der Waals surface area (Å²) in [6.07, 6.45) is 1.07. The van der Waals surface area contributed by atoms with Gasteiger partial charge in [-0.3, -0.25) is 4.79 Å². The summed E-state index contributed by atoms with van der Waals surface area (Å²) in [4.78, 5) is 10.9. The zero-order chi connectivity index (χ0) is 11.9. The van der Waals surface area contributed by atoms with E-state index in [-0.39, 0.29) is 11.5 Å². The first-order valence-electron chi connectivity index (χ1n) is 4.89. The van der Waals surface area contributed by atoms with E-state index in [9.17, 15) is 18.0 Å². The van der Waals surface area contributed by atoms with Crippen molar-refractivity contribution in [1.82, 2.24) is 5.32 Å². The van der Waals surface area contributed by atoms with Gasteiger partial charge in [-0.15, -0.1) is 0 Å². The predicted octanol–water partition coefficient (Wildman–Crippen LogP) is 2.23. The Hall–Kier alpha value is -1.52. The lowest BCUT2D eigenvalue weighted by Gasteiger charge is -2.17. The fraction of sp³-hybridized carbons (Fsp3) is 0.364. The topological polar surface area (TPSA) is 29.1 Å². The highest BCUT2D eigenvalue weighted by Gasteiger charge is 2.47. The zero-order valence-corrected chi connectivity index (χ0v) is 8.61. The van der Waals surface area contributed by atoms with Crippen LogP contribution in [0.5, 0.6) is 0 Å². The third kappa shape index (κ3) is 1.66. The molecule has 0 saturated heterocycles. The molecule has 0 unspecified atom stereocenters. The first-order valence-corrected chi connectivity index (χ1v) is 4.89. The molecule has 86 valence electrons. The minimum atomic E-state index is -1.49. The Balaban J connectivity index is 2.42. The van der Waals surface area contributed by atoms with E-state index in [0.29, 0.717) is 12.8 Å². The van der Waals surface area contributed by atoms with Crippen molar-refractivity contribution in [2.45, 2.75) is 25.3 Å². The molecule has 16 heavy (non-hydrogen) atoms. The summed E-state index contributed by atoms with van der Waals surface area (Å²) < 4.78 is 39.2. The van der Waals surface area contributed by atoms with Crippen molar-refractivity contribution in [3.63, 3.8) is 0 Å². The summed E-state index contributed by atoms with van der Waals surface area (Å²) in [5, 5.41) is 2.57. The largest absolute Gasteiger partial charge is 0.347 e. The molecule has 0 heterocycles. The summed E-state index contributed by atoms with van der Waals surface area (Å²) in [7, 11) is 0. The van der Waals surface area contributed by atoms with Crippen molar-refractivity contribution in [3.05, 3.63) is 35.1 Å². The van der Waals surface area contributed by atoms with E-state index in [1.165, 1.54) is 13.0 Å². The number of rotatable bonds is 2. The Morgan fingerprint density at radius 1 is 1.25 bits per heavy atom. The van der Waals surface area contributed by atoms with E-state index in [1.54, 1.807) is 0 Å². The van der Waals surface area contributed by atoms with E-state index in [4.69, 9.17) is 0 Å². The lowest BCUT2D eigenvalue weighted by atomic mass is 10.0. The van der Waals surface area contributed by atoms with Crippen LogP contribution in [0.15, 0.2) is 12.1 Å². The Morgan fingerprint density at radius 3 is 2.38 bits per heavy atom. The van der Waals surface area contributed by atoms with Crippen LogP contribution < -0.4 is 5.32 Å². The van der Waals surface area contributed by atoms with Crippen LogP contribution in [-0.4, -0.2) is 5.91 Å². The summed E-state index contributed by atoms with van der Waals surface area (Å²) in [6, 6.07) is 2.05. The van der Waals surface area contributed by atoms with Crippen LogP contribution in [0.1, 0.15) is 25.3 Å². The fourth-order valence-corrected chi connectivity index (χ4v) is 1.82. The SMILES string of the molecule is CC(=O)NC1(c2ccc(F)c(F)c2F)CC1. The van der Waals surface area contributed by atoms with Crippen LogP contribution in [-0.2, 0) is 10.3 Å². The molecule has 1 aliphatic rings. The van der Waals surface area contributed by atoms with Crippen LogP contribution in [0.3, 0.4) is 0 Å². The van der Waals surface area contributed by atoms with Gasteiger partial charge in [0.1, 0.15) is 0 Å². The van der Waals surface area contributed by atoms with Gasteiger partial charge in [-0.05, 0) is 18.9 Å². The second kappa shape index (κ2) is 3.50. The second-order valence-corrected chi connectivity index (χ2v) is 3.99. The third-order valence-electron chi connectivity index (χ3n) is 2.72. The quantitative estimate of drug-likeness (QED) is 0.774. The molecule has 1 fully saturated rings. The van der Waals surface area contributed by atoms with Gasteiger partial charge in [-0.25, -0.2) is 13.2 Å². The molecule has 2 nitrogen and oxygen atoms in total. The highest BCUT2D eigenvalue weighted by atomic mass is 19.2. The van der Waals surface area contributed by atoms with Crippen molar-refractivity contribution >= 4 is 5.91 Å². The monoisotopic (exact) mass is 229 g/mol. The standard InChI is InChI=1S/C11H10F3NO/c1-6(16)15-11(4-5-11)7-2-3-8(12)10(14)9(7)13/h2-3H,4-5H2,1H3,(H,15,16). The van der Waals surface area contributed by atoms with Crippen LogP contribution in [0, 0.1) is 17.5 Å². The minimum absolute atomic E-state index is 0.0154. The lowest BCUT2D eigenvalue weighted by Crippen LogP contribution is -2.34. The normalized spacial score (nSPS) is 17.0. The number of carbonyl (C=O) groups excluding carboxylic acids is 1. The molecular formula is C11H10F3NO. The molecule has 0 aliphatic heterocycles. The summed E-state index contributed by atoms with van der Waals surface area (Å²) >= 11 is 0. The molecule has 1 amide bonds.